The number of rotatable bonds is 3. The zero-order valence-electron chi connectivity index (χ0n) is 7.51. The Morgan fingerprint density at radius 3 is 2.00 bits per heavy atom. The average Bonchev–Trinajstić information content (AvgIpc) is 2.01. The first-order chi connectivity index (χ1) is 6.66. The molecule has 8 heteroatoms. The van der Waals surface area contributed by atoms with Gasteiger partial charge in [0.25, 0.3) is 5.78 Å². The fourth-order valence-electron chi connectivity index (χ4n) is 0.623. The van der Waals surface area contributed by atoms with Crippen molar-refractivity contribution < 1.29 is 27.6 Å². The van der Waals surface area contributed by atoms with E-state index >= 15 is 0 Å². The summed E-state index contributed by atoms with van der Waals surface area (Å²) in [4.78, 5) is 31.4. The number of nitrogens with two attached hydrogens (primary N) is 1. The molecule has 0 saturated heterocycles. The van der Waals surface area contributed by atoms with E-state index in [0.29, 0.717) is 6.20 Å². The highest BCUT2D eigenvalue weighted by atomic mass is 19.4. The molecule has 0 bridgehead atoms. The molecule has 3 N–H and O–H groups in total. The maximum atomic E-state index is 11.9. The summed E-state index contributed by atoms with van der Waals surface area (Å²) in [7, 11) is 0. The largest absolute Gasteiger partial charge is 0.455 e. The lowest BCUT2D eigenvalue weighted by Crippen LogP contribution is -2.31. The molecule has 5 nitrogen and oxygen atoms in total. The van der Waals surface area contributed by atoms with E-state index in [0.717, 1.165) is 6.92 Å². The number of ketones is 2. The van der Waals surface area contributed by atoms with Gasteiger partial charge in [0.2, 0.25) is 0 Å². The van der Waals surface area contributed by atoms with Gasteiger partial charge in [-0.1, -0.05) is 0 Å². The average molecular weight is 224 g/mol. The van der Waals surface area contributed by atoms with Gasteiger partial charge in [-0.25, -0.2) is 4.79 Å². The van der Waals surface area contributed by atoms with Crippen LogP contribution in [0.4, 0.5) is 18.0 Å². The van der Waals surface area contributed by atoms with Gasteiger partial charge in [-0.15, -0.1) is 0 Å². The Labute approximate surface area is 82.1 Å². The number of amides is 2. The van der Waals surface area contributed by atoms with E-state index in [1.807, 2.05) is 0 Å². The van der Waals surface area contributed by atoms with Gasteiger partial charge >= 0.3 is 12.2 Å². The van der Waals surface area contributed by atoms with E-state index in [4.69, 9.17) is 0 Å². The van der Waals surface area contributed by atoms with E-state index < -0.39 is 29.3 Å². The van der Waals surface area contributed by atoms with Gasteiger partial charge in [0.15, 0.2) is 5.78 Å². The second-order valence-electron chi connectivity index (χ2n) is 2.45. The predicted molar refractivity (Wildman–Crippen MR) is 42.5 cm³/mol. The molecule has 0 spiro atoms. The van der Waals surface area contributed by atoms with Crippen LogP contribution in [0.1, 0.15) is 6.92 Å². The van der Waals surface area contributed by atoms with Crippen molar-refractivity contribution in [2.45, 2.75) is 13.1 Å². The zero-order valence-corrected chi connectivity index (χ0v) is 7.51. The third kappa shape index (κ3) is 4.25. The second-order valence-corrected chi connectivity index (χ2v) is 2.45. The number of hydrogen-bond donors (Lipinski definition) is 2. The summed E-state index contributed by atoms with van der Waals surface area (Å²) in [6, 6.07) is -1.18. The summed E-state index contributed by atoms with van der Waals surface area (Å²) < 4.78 is 35.7. The van der Waals surface area contributed by atoms with E-state index in [9.17, 15) is 27.6 Å². The smallest absolute Gasteiger partial charge is 0.351 e. The van der Waals surface area contributed by atoms with Crippen LogP contribution < -0.4 is 11.1 Å². The molecule has 0 aromatic heterocycles. The molecule has 0 saturated carbocycles. The summed E-state index contributed by atoms with van der Waals surface area (Å²) in [5.74, 6) is -3.45. The van der Waals surface area contributed by atoms with Gasteiger partial charge in [0.1, 0.15) is 0 Å². The lowest BCUT2D eigenvalue weighted by Gasteiger charge is -2.06. The summed E-state index contributed by atoms with van der Waals surface area (Å²) in [6.07, 6.45) is -4.84. The number of alkyl halides is 3. The molecule has 15 heavy (non-hydrogen) atoms. The van der Waals surface area contributed by atoms with Gasteiger partial charge < -0.3 is 11.1 Å². The number of nitrogens with one attached hydrogen (secondary N) is 1. The number of allylic oxidation sites excluding steroid dienone is 1. The Morgan fingerprint density at radius 1 is 1.27 bits per heavy atom. The van der Waals surface area contributed by atoms with E-state index in [1.165, 1.54) is 0 Å². The molecule has 0 heterocycles. The molecule has 0 atom stereocenters. The van der Waals surface area contributed by atoms with E-state index in [-0.39, 0.29) is 0 Å². The first-order valence-corrected chi connectivity index (χ1v) is 3.55. The van der Waals surface area contributed by atoms with Gasteiger partial charge in [-0.05, 0) is 6.92 Å². The van der Waals surface area contributed by atoms with Crippen LogP contribution in [0, 0.1) is 0 Å². The highest BCUT2D eigenvalue weighted by Gasteiger charge is 2.42. The Kier molecular flexibility index (Phi) is 4.01. The van der Waals surface area contributed by atoms with Crippen molar-refractivity contribution in [3.8, 4) is 0 Å². The predicted octanol–water partition coefficient (Wildman–Crippen LogP) is 0.259. The van der Waals surface area contributed by atoms with E-state index in [1.54, 1.807) is 5.32 Å². The van der Waals surface area contributed by atoms with Gasteiger partial charge in [0, 0.05) is 6.20 Å². The van der Waals surface area contributed by atoms with Crippen molar-refractivity contribution in [1.29, 1.82) is 0 Å². The number of hydrogen-bond acceptors (Lipinski definition) is 3. The topological polar surface area (TPSA) is 89.3 Å². The Hall–Kier alpha value is -1.86. The number of halogens is 3. The highest BCUT2D eigenvalue weighted by molar-refractivity contribution is 6.21. The van der Waals surface area contributed by atoms with Crippen LogP contribution in [0.15, 0.2) is 11.8 Å². The normalized spacial score (nSPS) is 12.1. The number of primary amides is 1. The molecule has 0 aromatic carbocycles. The van der Waals surface area contributed by atoms with Crippen molar-refractivity contribution in [3.63, 3.8) is 0 Å². The van der Waals surface area contributed by atoms with Crippen molar-refractivity contribution in [1.82, 2.24) is 5.32 Å². The first kappa shape index (κ1) is 13.1. The zero-order chi connectivity index (χ0) is 12.2. The SMILES string of the molecule is CC(=O)C(=CNC(N)=O)C(=O)C(F)(F)F. The minimum Gasteiger partial charge on any atom is -0.351 e. The third-order valence-corrected chi connectivity index (χ3v) is 1.24. The van der Waals surface area contributed by atoms with Crippen LogP contribution in [0.3, 0.4) is 0 Å². The third-order valence-electron chi connectivity index (χ3n) is 1.24. The molecule has 0 aliphatic rings. The minimum atomic E-state index is -5.17. The molecular weight excluding hydrogens is 217 g/mol. The Balaban J connectivity index is 5.00. The van der Waals surface area contributed by atoms with Crippen LogP contribution in [-0.4, -0.2) is 23.8 Å². The molecule has 0 aliphatic carbocycles. The molecule has 2 amide bonds. The molecule has 0 aliphatic heterocycles. The van der Waals surface area contributed by atoms with Crippen molar-refractivity contribution in [2.24, 2.45) is 5.73 Å². The number of urea groups is 1. The van der Waals surface area contributed by atoms with Crippen LogP contribution in [0.2, 0.25) is 0 Å². The number of Topliss-reactive ketones (excluding diaryl/α,β-unsaturated/α-hetero) is 2. The van der Waals surface area contributed by atoms with Crippen LogP contribution in [0.5, 0.6) is 0 Å². The van der Waals surface area contributed by atoms with Crippen LogP contribution >= 0.6 is 0 Å². The minimum absolute atomic E-state index is 0.334. The Morgan fingerprint density at radius 2 is 1.73 bits per heavy atom. The van der Waals surface area contributed by atoms with Crippen LogP contribution in [-0.2, 0) is 9.59 Å². The molecule has 0 rings (SSSR count). The summed E-state index contributed by atoms with van der Waals surface area (Å²) in [6.45, 7) is 0.762. The van der Waals surface area contributed by atoms with Gasteiger partial charge in [0.05, 0.1) is 5.57 Å². The maximum Gasteiger partial charge on any atom is 0.455 e. The second kappa shape index (κ2) is 4.58. The molecule has 84 valence electrons. The van der Waals surface area contributed by atoms with Crippen molar-refractivity contribution in [3.05, 3.63) is 11.8 Å². The lowest BCUT2D eigenvalue weighted by atomic mass is 10.1. The van der Waals surface area contributed by atoms with Crippen molar-refractivity contribution >= 4 is 17.6 Å². The fraction of sp³-hybridized carbons (Fsp3) is 0.286. The Bertz CT molecular complexity index is 333. The highest BCUT2D eigenvalue weighted by Crippen LogP contribution is 2.20. The van der Waals surface area contributed by atoms with Crippen LogP contribution in [0.25, 0.3) is 0 Å². The fourth-order valence-corrected chi connectivity index (χ4v) is 0.623. The summed E-state index contributed by atoms with van der Waals surface area (Å²) in [5.41, 5.74) is 3.37. The monoisotopic (exact) mass is 224 g/mol. The molecule has 0 fully saturated rings. The molecule has 0 aromatic rings. The molecular formula is C7H7F3N2O3. The number of carbonyl (C=O) groups is 3. The van der Waals surface area contributed by atoms with Crippen molar-refractivity contribution in [2.75, 3.05) is 0 Å². The number of carbonyl (C=O) groups excluding carboxylic acids is 3. The maximum absolute atomic E-state index is 11.9. The summed E-state index contributed by atoms with van der Waals surface area (Å²) >= 11 is 0. The molecule has 0 radical (unpaired) electrons. The van der Waals surface area contributed by atoms with Gasteiger partial charge in [-0.2, -0.15) is 13.2 Å². The quantitative estimate of drug-likeness (QED) is 0.409. The summed E-state index contributed by atoms with van der Waals surface area (Å²) in [5, 5.41) is 1.62. The molecule has 0 unspecified atom stereocenters. The first-order valence-electron chi connectivity index (χ1n) is 3.55. The standard InChI is InChI=1S/C7H7F3N2O3/c1-3(13)4(2-12-6(11)15)5(14)7(8,9)10/h2H,1H3,(H3,11,12,15). The lowest BCUT2D eigenvalue weighted by molar-refractivity contribution is -0.167. The van der Waals surface area contributed by atoms with E-state index in [2.05, 4.69) is 5.73 Å². The van der Waals surface area contributed by atoms with Gasteiger partial charge in [-0.3, -0.25) is 9.59 Å².